The van der Waals surface area contributed by atoms with Gasteiger partial charge in [0.1, 0.15) is 48.5 Å². The molecule has 7 rings (SSSR count). The number of rotatable bonds is 5. The highest BCUT2D eigenvalue weighted by Crippen LogP contribution is 2.63. The van der Waals surface area contributed by atoms with Crippen molar-refractivity contribution in [1.82, 2.24) is 9.55 Å². The SMILES string of the molecule is Cc1cn([C@@H]2O[C@H](CO[P@]3(=O)O[C@@H]4[C@H]5OC(C)(C)O[C@H]5O[C@@H]4[C@H](c4ccc(F)cc4)O3)[C@H]3OC(C)(C)O[C@H]32)c(=O)[nH]c1=O. The molecule has 1 N–H and O–H groups in total. The average molecular weight is 627 g/mol. The van der Waals surface area contributed by atoms with Gasteiger partial charge in [-0.1, -0.05) is 12.1 Å². The van der Waals surface area contributed by atoms with E-state index in [0.29, 0.717) is 11.1 Å². The van der Waals surface area contributed by atoms with E-state index >= 15 is 0 Å². The summed E-state index contributed by atoms with van der Waals surface area (Å²) in [6, 6.07) is 5.52. The molecule has 0 radical (unpaired) electrons. The van der Waals surface area contributed by atoms with E-state index in [2.05, 4.69) is 4.98 Å². The molecule has 1 aromatic carbocycles. The zero-order valence-electron chi connectivity index (χ0n) is 24.0. The smallest absolute Gasteiger partial charge is 0.346 e. The maximum Gasteiger partial charge on any atom is 0.476 e. The van der Waals surface area contributed by atoms with Crippen LogP contribution in [0.25, 0.3) is 0 Å². The standard InChI is InChI=1S/C27H32FN2O12P/c1-12-10-30(25(32)29-22(12)31)23-20-17(37-26(2,3)38-20)15(35-23)11-34-43(33)41-16(13-6-8-14(28)9-7-13)18-19(42-43)21-24(36-18)40-27(4,5)39-21/h6-10,15-21,23-24H,11H2,1-5H3,(H,29,31,32)/t15-,16+,17-,18-,19+,20-,21-,23-,24-,43+/m1/s1. The van der Waals surface area contributed by atoms with Crippen molar-refractivity contribution in [3.05, 3.63) is 68.2 Å². The molecule has 16 heteroatoms. The minimum Gasteiger partial charge on any atom is -0.346 e. The third-order valence-electron chi connectivity index (χ3n) is 7.96. The highest BCUT2D eigenvalue weighted by molar-refractivity contribution is 7.48. The Balaban J connectivity index is 1.15. The fourth-order valence-electron chi connectivity index (χ4n) is 6.16. The summed E-state index contributed by atoms with van der Waals surface area (Å²) in [7, 11) is -4.35. The van der Waals surface area contributed by atoms with Gasteiger partial charge in [0.15, 0.2) is 24.1 Å². The van der Waals surface area contributed by atoms with Gasteiger partial charge in [-0.15, -0.1) is 0 Å². The third kappa shape index (κ3) is 5.25. The molecule has 234 valence electrons. The normalized spacial score (nSPS) is 40.7. The van der Waals surface area contributed by atoms with E-state index in [1.165, 1.54) is 35.0 Å². The van der Waals surface area contributed by atoms with Crippen LogP contribution >= 0.6 is 7.82 Å². The number of phosphoric ester groups is 1. The Kier molecular flexibility index (Phi) is 6.91. The number of hydrogen-bond donors (Lipinski definition) is 1. The molecule has 2 aromatic rings. The van der Waals surface area contributed by atoms with E-state index in [9.17, 15) is 18.5 Å². The van der Waals surface area contributed by atoms with E-state index in [0.717, 1.165) is 0 Å². The van der Waals surface area contributed by atoms with E-state index < -0.39 is 91.7 Å². The van der Waals surface area contributed by atoms with Crippen LogP contribution in [-0.2, 0) is 46.6 Å². The first-order valence-electron chi connectivity index (χ1n) is 13.9. The van der Waals surface area contributed by atoms with Crippen LogP contribution in [0, 0.1) is 12.7 Å². The van der Waals surface area contributed by atoms with Crippen molar-refractivity contribution in [2.24, 2.45) is 0 Å². The number of phosphoric acid groups is 1. The number of aromatic amines is 1. The number of benzene rings is 1. The molecule has 6 heterocycles. The molecule has 0 aliphatic carbocycles. The molecule has 5 aliphatic rings. The fraction of sp³-hybridized carbons (Fsp3) is 0.630. The summed E-state index contributed by atoms with van der Waals surface area (Å²) in [5.74, 6) is -2.45. The molecular weight excluding hydrogens is 594 g/mol. The minimum atomic E-state index is -4.35. The summed E-state index contributed by atoms with van der Waals surface area (Å²) in [5.41, 5.74) is -0.420. The van der Waals surface area contributed by atoms with Gasteiger partial charge < -0.3 is 28.4 Å². The molecule has 14 nitrogen and oxygen atoms in total. The zero-order valence-corrected chi connectivity index (χ0v) is 24.9. The first kappa shape index (κ1) is 29.4. The van der Waals surface area contributed by atoms with Gasteiger partial charge >= 0.3 is 13.5 Å². The zero-order chi connectivity index (χ0) is 30.5. The third-order valence-corrected chi connectivity index (χ3v) is 9.41. The van der Waals surface area contributed by atoms with Gasteiger partial charge in [-0.05, 0) is 52.3 Å². The summed E-state index contributed by atoms with van der Waals surface area (Å²) < 4.78 is 83.0. The molecule has 5 aliphatic heterocycles. The van der Waals surface area contributed by atoms with Gasteiger partial charge in [0.05, 0.1) is 6.61 Å². The molecular formula is C27H32FN2O12P. The number of fused-ring (bicyclic) bond motifs is 4. The Labute approximate surface area is 244 Å². The van der Waals surface area contributed by atoms with E-state index in [4.69, 9.17) is 42.0 Å². The minimum absolute atomic E-state index is 0.297. The maximum atomic E-state index is 14.1. The molecule has 0 saturated carbocycles. The highest BCUT2D eigenvalue weighted by Gasteiger charge is 2.63. The lowest BCUT2D eigenvalue weighted by molar-refractivity contribution is -0.232. The Hall–Kier alpha value is -2.30. The molecule has 0 bridgehead atoms. The van der Waals surface area contributed by atoms with Crippen molar-refractivity contribution in [3.63, 3.8) is 0 Å². The molecule has 0 unspecified atom stereocenters. The van der Waals surface area contributed by atoms with E-state index in [1.54, 1.807) is 34.6 Å². The van der Waals surface area contributed by atoms with Crippen LogP contribution in [0.5, 0.6) is 0 Å². The van der Waals surface area contributed by atoms with Crippen LogP contribution in [0.1, 0.15) is 51.2 Å². The van der Waals surface area contributed by atoms with Gasteiger partial charge in [-0.3, -0.25) is 27.9 Å². The molecule has 1 aromatic heterocycles. The number of nitrogens with zero attached hydrogens (tertiary/aromatic N) is 1. The van der Waals surface area contributed by atoms with E-state index in [-0.39, 0.29) is 6.61 Å². The molecule has 43 heavy (non-hydrogen) atoms. The predicted molar refractivity (Wildman–Crippen MR) is 141 cm³/mol. The first-order chi connectivity index (χ1) is 20.2. The first-order valence-corrected chi connectivity index (χ1v) is 15.4. The Bertz CT molecular complexity index is 1580. The van der Waals surface area contributed by atoms with Gasteiger partial charge in [0.25, 0.3) is 5.56 Å². The van der Waals surface area contributed by atoms with Crippen LogP contribution in [0.3, 0.4) is 0 Å². The molecule has 0 amide bonds. The number of ether oxygens (including phenoxy) is 6. The largest absolute Gasteiger partial charge is 0.476 e. The number of H-pyrrole nitrogens is 1. The molecule has 10 atom stereocenters. The fourth-order valence-corrected chi connectivity index (χ4v) is 7.72. The van der Waals surface area contributed by atoms with Crippen LogP contribution < -0.4 is 11.2 Å². The number of aromatic nitrogens is 2. The second kappa shape index (κ2) is 10.1. The van der Waals surface area contributed by atoms with Crippen molar-refractivity contribution in [2.45, 2.75) is 101 Å². The van der Waals surface area contributed by atoms with Crippen LogP contribution in [0.2, 0.25) is 0 Å². The average Bonchev–Trinajstić information content (AvgIpc) is 3.61. The van der Waals surface area contributed by atoms with Crippen molar-refractivity contribution >= 4 is 7.82 Å². The summed E-state index contributed by atoms with van der Waals surface area (Å²) in [4.78, 5) is 26.9. The summed E-state index contributed by atoms with van der Waals surface area (Å²) in [6.07, 6.45) is -6.18. The van der Waals surface area contributed by atoms with Gasteiger partial charge in [0.2, 0.25) is 0 Å². The van der Waals surface area contributed by atoms with Crippen LogP contribution in [-0.4, -0.2) is 70.6 Å². The van der Waals surface area contributed by atoms with Crippen molar-refractivity contribution in [3.8, 4) is 0 Å². The van der Waals surface area contributed by atoms with Crippen molar-refractivity contribution < 1.29 is 50.9 Å². The number of nitrogens with one attached hydrogen (secondary N) is 1. The molecule has 0 spiro atoms. The summed E-state index contributed by atoms with van der Waals surface area (Å²) >= 11 is 0. The maximum absolute atomic E-state index is 14.1. The quantitative estimate of drug-likeness (QED) is 0.485. The van der Waals surface area contributed by atoms with Crippen molar-refractivity contribution in [2.75, 3.05) is 6.61 Å². The number of hydrogen-bond acceptors (Lipinski definition) is 12. The lowest BCUT2D eigenvalue weighted by Crippen LogP contribution is -2.43. The summed E-state index contributed by atoms with van der Waals surface area (Å²) in [6.45, 7) is 8.10. The second-order valence-corrected chi connectivity index (χ2v) is 13.6. The van der Waals surface area contributed by atoms with E-state index in [1.807, 2.05) is 0 Å². The Morgan fingerprint density at radius 2 is 1.58 bits per heavy atom. The second-order valence-electron chi connectivity index (χ2n) is 12.1. The highest BCUT2D eigenvalue weighted by atomic mass is 31.2. The van der Waals surface area contributed by atoms with Crippen LogP contribution in [0.4, 0.5) is 4.39 Å². The van der Waals surface area contributed by atoms with Crippen LogP contribution in [0.15, 0.2) is 40.1 Å². The topological polar surface area (TPSA) is 155 Å². The van der Waals surface area contributed by atoms with Gasteiger partial charge in [-0.25, -0.2) is 13.8 Å². The lowest BCUT2D eigenvalue weighted by Gasteiger charge is -2.38. The van der Waals surface area contributed by atoms with Crippen molar-refractivity contribution in [1.29, 1.82) is 0 Å². The number of aryl methyl sites for hydroxylation is 1. The van der Waals surface area contributed by atoms with Gasteiger partial charge in [0, 0.05) is 11.8 Å². The van der Waals surface area contributed by atoms with Gasteiger partial charge in [-0.2, -0.15) is 0 Å². The summed E-state index contributed by atoms with van der Waals surface area (Å²) in [5, 5.41) is 0. The monoisotopic (exact) mass is 626 g/mol. The number of halogens is 1. The predicted octanol–water partition coefficient (Wildman–Crippen LogP) is 2.56. The Morgan fingerprint density at radius 3 is 2.33 bits per heavy atom. The molecule has 5 saturated heterocycles. The molecule has 5 fully saturated rings. The lowest BCUT2D eigenvalue weighted by atomic mass is 9.99. The Morgan fingerprint density at radius 1 is 0.907 bits per heavy atom.